The monoisotopic (exact) mass is 476 g/mol. The molecule has 5 rings (SSSR count). The van der Waals surface area contributed by atoms with Gasteiger partial charge in [0, 0.05) is 62.8 Å². The maximum absolute atomic E-state index is 10.6. The Morgan fingerprint density at radius 1 is 0.941 bits per heavy atom. The molecule has 2 aliphatic heterocycles. The molecule has 4 heterocycles. The number of nitrogens with one attached hydrogen (secondary N) is 1. The lowest BCUT2D eigenvalue weighted by Gasteiger charge is -2.36. The Hall–Kier alpha value is -3.74. The summed E-state index contributed by atoms with van der Waals surface area (Å²) in [5.74, 6) is -1.35. The van der Waals surface area contributed by atoms with Crippen molar-refractivity contribution in [2.75, 3.05) is 49.1 Å². The number of halogens is 3. The van der Waals surface area contributed by atoms with E-state index in [9.17, 15) is 13.2 Å². The second-order valence-electron chi connectivity index (χ2n) is 7.80. The highest BCUT2D eigenvalue weighted by atomic mass is 19.4. The third-order valence-corrected chi connectivity index (χ3v) is 5.60. The first-order valence-corrected chi connectivity index (χ1v) is 10.6. The number of piperazine rings is 1. The predicted octanol–water partition coefficient (Wildman–Crippen LogP) is 1.70. The zero-order chi connectivity index (χ0) is 24.1. The number of carboxylic acids is 1. The Balaban J connectivity index is 0.000000344. The molecule has 0 unspecified atom stereocenters. The van der Waals surface area contributed by atoms with Gasteiger partial charge in [-0.1, -0.05) is 0 Å². The Morgan fingerprint density at radius 2 is 1.50 bits per heavy atom. The zero-order valence-corrected chi connectivity index (χ0v) is 18.1. The largest absolute Gasteiger partial charge is 0.490 e. The normalized spacial score (nSPS) is 16.4. The molecule has 0 saturated carbocycles. The van der Waals surface area contributed by atoms with E-state index in [2.05, 4.69) is 54.6 Å². The van der Waals surface area contributed by atoms with Gasteiger partial charge < -0.3 is 20.2 Å². The summed E-state index contributed by atoms with van der Waals surface area (Å²) in [5, 5.41) is 18.1. The van der Waals surface area contributed by atoms with Crippen LogP contribution in [0, 0.1) is 0 Å². The van der Waals surface area contributed by atoms with Crippen molar-refractivity contribution in [1.82, 2.24) is 30.0 Å². The average Bonchev–Trinajstić information content (AvgIpc) is 3.33. The van der Waals surface area contributed by atoms with Crippen molar-refractivity contribution in [3.05, 3.63) is 54.9 Å². The van der Waals surface area contributed by atoms with E-state index in [4.69, 9.17) is 14.9 Å². The lowest BCUT2D eigenvalue weighted by Crippen LogP contribution is -2.47. The van der Waals surface area contributed by atoms with Crippen LogP contribution in [0.15, 0.2) is 49.2 Å². The van der Waals surface area contributed by atoms with E-state index in [0.717, 1.165) is 56.6 Å². The molecule has 0 spiro atoms. The van der Waals surface area contributed by atoms with Gasteiger partial charge in [0.15, 0.2) is 0 Å². The lowest BCUT2D eigenvalue weighted by atomic mass is 9.99. The number of aliphatic carboxylic acids is 1. The molecule has 0 bridgehead atoms. The number of rotatable bonds is 4. The highest BCUT2D eigenvalue weighted by molar-refractivity contribution is 5.73. The summed E-state index contributed by atoms with van der Waals surface area (Å²) in [6.45, 7) is 5.83. The van der Waals surface area contributed by atoms with Crippen molar-refractivity contribution in [2.45, 2.75) is 12.1 Å². The molecule has 13 heteroatoms. The molecule has 180 valence electrons. The van der Waals surface area contributed by atoms with Gasteiger partial charge in [-0.25, -0.2) is 14.8 Å². The van der Waals surface area contributed by atoms with Crippen LogP contribution < -0.4 is 15.1 Å². The van der Waals surface area contributed by atoms with Gasteiger partial charge in [-0.15, -0.1) is 10.2 Å². The van der Waals surface area contributed by atoms with Crippen molar-refractivity contribution in [3.8, 4) is 5.69 Å². The summed E-state index contributed by atoms with van der Waals surface area (Å²) < 4.78 is 33.6. The number of anilines is 2. The molecule has 10 nitrogen and oxygen atoms in total. The highest BCUT2D eigenvalue weighted by Gasteiger charge is 2.38. The molecule has 2 fully saturated rings. The number of benzene rings is 1. The fraction of sp³-hybridized carbons (Fsp3) is 0.381. The number of nitrogens with zero attached hydrogens (tertiary/aromatic N) is 7. The Morgan fingerprint density at radius 3 is 2.03 bits per heavy atom. The molecule has 3 aromatic rings. The maximum Gasteiger partial charge on any atom is 0.490 e. The molecule has 0 radical (unpaired) electrons. The predicted molar refractivity (Wildman–Crippen MR) is 117 cm³/mol. The lowest BCUT2D eigenvalue weighted by molar-refractivity contribution is -0.192. The quantitative estimate of drug-likeness (QED) is 0.581. The van der Waals surface area contributed by atoms with Crippen LogP contribution in [0.4, 0.5) is 24.8 Å². The van der Waals surface area contributed by atoms with Gasteiger partial charge in [0.1, 0.15) is 12.7 Å². The Labute approximate surface area is 193 Å². The van der Waals surface area contributed by atoms with Crippen molar-refractivity contribution in [3.63, 3.8) is 0 Å². The minimum Gasteiger partial charge on any atom is -0.475 e. The van der Waals surface area contributed by atoms with Crippen molar-refractivity contribution in [2.24, 2.45) is 0 Å². The van der Waals surface area contributed by atoms with Crippen LogP contribution in [0.2, 0.25) is 0 Å². The molecule has 0 atom stereocenters. The first-order valence-electron chi connectivity index (χ1n) is 10.6. The molecule has 2 saturated heterocycles. The van der Waals surface area contributed by atoms with Crippen molar-refractivity contribution >= 4 is 17.6 Å². The van der Waals surface area contributed by atoms with Crippen LogP contribution >= 0.6 is 0 Å². The van der Waals surface area contributed by atoms with Crippen molar-refractivity contribution in [1.29, 1.82) is 0 Å². The van der Waals surface area contributed by atoms with Gasteiger partial charge in [-0.2, -0.15) is 13.2 Å². The molecular weight excluding hydrogens is 453 g/mol. The van der Waals surface area contributed by atoms with Crippen molar-refractivity contribution < 1.29 is 23.1 Å². The summed E-state index contributed by atoms with van der Waals surface area (Å²) in [4.78, 5) is 22.9. The summed E-state index contributed by atoms with van der Waals surface area (Å²) in [6.07, 6.45) is 0.231. The number of carboxylic acid groups (broad SMARTS) is 1. The van der Waals surface area contributed by atoms with Gasteiger partial charge in [0.05, 0.1) is 5.69 Å². The summed E-state index contributed by atoms with van der Waals surface area (Å²) >= 11 is 0. The second kappa shape index (κ2) is 10.0. The standard InChI is InChI=1S/C19H22N8.C2HF3O2/c1-3-17(27-13-22-23-14-27)4-2-16(1)25-7-9-26(10-8-25)19-21-6-5-18(24-19)15-11-20-12-15;3-2(4,5)1(6)7/h1-6,13-15,20H,7-12H2;(H,6,7). The van der Waals surface area contributed by atoms with Crippen LogP contribution in [0.3, 0.4) is 0 Å². The minimum atomic E-state index is -5.08. The molecule has 2 aliphatic rings. The number of carbonyl (C=O) groups is 1. The number of hydrogen-bond donors (Lipinski definition) is 2. The molecule has 0 aliphatic carbocycles. The van der Waals surface area contributed by atoms with Gasteiger partial charge in [0.2, 0.25) is 5.95 Å². The topological polar surface area (TPSA) is 112 Å². The second-order valence-corrected chi connectivity index (χ2v) is 7.80. The van der Waals surface area contributed by atoms with Gasteiger partial charge in [0.25, 0.3) is 0 Å². The molecule has 34 heavy (non-hydrogen) atoms. The SMILES string of the molecule is O=C(O)C(F)(F)F.c1cc(C2CNC2)nc(N2CCN(c3ccc(-n4cnnc4)cc3)CC2)n1. The fourth-order valence-electron chi connectivity index (χ4n) is 3.57. The number of hydrogen-bond acceptors (Lipinski definition) is 8. The minimum absolute atomic E-state index is 0.539. The first-order chi connectivity index (χ1) is 16.3. The van der Waals surface area contributed by atoms with E-state index in [-0.39, 0.29) is 0 Å². The van der Waals surface area contributed by atoms with E-state index in [1.165, 1.54) is 5.69 Å². The Kier molecular flexibility index (Phi) is 6.91. The zero-order valence-electron chi connectivity index (χ0n) is 18.1. The van der Waals surface area contributed by atoms with E-state index < -0.39 is 12.1 Å². The van der Waals surface area contributed by atoms with Gasteiger partial charge in [-0.3, -0.25) is 4.57 Å². The summed E-state index contributed by atoms with van der Waals surface area (Å²) in [5.41, 5.74) is 3.46. The fourth-order valence-corrected chi connectivity index (χ4v) is 3.57. The van der Waals surface area contributed by atoms with E-state index >= 15 is 0 Å². The van der Waals surface area contributed by atoms with Crippen LogP contribution in [0.5, 0.6) is 0 Å². The average molecular weight is 476 g/mol. The first kappa shape index (κ1) is 23.4. The Bertz CT molecular complexity index is 1080. The van der Waals surface area contributed by atoms with Gasteiger partial charge in [-0.05, 0) is 30.3 Å². The van der Waals surface area contributed by atoms with Gasteiger partial charge >= 0.3 is 12.1 Å². The summed E-state index contributed by atoms with van der Waals surface area (Å²) in [6, 6.07) is 10.6. The number of aromatic nitrogens is 5. The van der Waals surface area contributed by atoms with Crippen LogP contribution in [0.25, 0.3) is 5.69 Å². The highest BCUT2D eigenvalue weighted by Crippen LogP contribution is 2.22. The van der Waals surface area contributed by atoms with E-state index in [1.807, 2.05) is 16.8 Å². The molecule has 2 aromatic heterocycles. The van der Waals surface area contributed by atoms with Crippen LogP contribution in [-0.4, -0.2) is 81.3 Å². The smallest absolute Gasteiger partial charge is 0.475 e. The number of alkyl halides is 3. The van der Waals surface area contributed by atoms with E-state index in [0.29, 0.717) is 5.92 Å². The molecular formula is C21H23F3N8O2. The summed E-state index contributed by atoms with van der Waals surface area (Å²) in [7, 11) is 0. The third-order valence-electron chi connectivity index (χ3n) is 5.60. The third kappa shape index (κ3) is 5.60. The maximum atomic E-state index is 10.6. The van der Waals surface area contributed by atoms with Crippen LogP contribution in [-0.2, 0) is 4.79 Å². The molecule has 1 aromatic carbocycles. The molecule has 0 amide bonds. The molecule has 2 N–H and O–H groups in total. The van der Waals surface area contributed by atoms with E-state index in [1.54, 1.807) is 12.7 Å². The van der Waals surface area contributed by atoms with Crippen LogP contribution in [0.1, 0.15) is 11.6 Å².